The molecule has 0 aliphatic carbocycles. The number of rotatable bonds is 3. The number of alkyl halides is 1. The van der Waals surface area contributed by atoms with Crippen LogP contribution in [0.15, 0.2) is 47.5 Å². The Morgan fingerprint density at radius 3 is 2.67 bits per heavy atom. The van der Waals surface area contributed by atoms with Crippen LogP contribution in [-0.2, 0) is 10.6 Å². The van der Waals surface area contributed by atoms with Crippen molar-refractivity contribution in [1.29, 1.82) is 0 Å². The fourth-order valence-electron chi connectivity index (χ4n) is 2.41. The average Bonchev–Trinajstić information content (AvgIpc) is 2.97. The molecule has 0 radical (unpaired) electrons. The van der Waals surface area contributed by atoms with E-state index in [1.54, 1.807) is 6.07 Å². The van der Waals surface area contributed by atoms with Gasteiger partial charge in [-0.25, -0.2) is 9.38 Å². The molecule has 1 aliphatic rings. The van der Waals surface area contributed by atoms with Crippen molar-refractivity contribution in [3.63, 3.8) is 0 Å². The van der Waals surface area contributed by atoms with Crippen molar-refractivity contribution < 1.29 is 9.13 Å². The second kappa shape index (κ2) is 5.86. The lowest BCUT2D eigenvalue weighted by atomic mass is 10.1. The van der Waals surface area contributed by atoms with Gasteiger partial charge >= 0.3 is 0 Å². The summed E-state index contributed by atoms with van der Waals surface area (Å²) < 4.78 is 19.6. The lowest BCUT2D eigenvalue weighted by molar-refractivity contribution is 0.318. The van der Waals surface area contributed by atoms with Crippen LogP contribution in [0.25, 0.3) is 0 Å². The second-order valence-corrected chi connectivity index (χ2v) is 5.34. The summed E-state index contributed by atoms with van der Waals surface area (Å²) in [6, 6.07) is 12.8. The van der Waals surface area contributed by atoms with E-state index in [0.717, 1.165) is 16.7 Å². The molecule has 4 heteroatoms. The monoisotopic (exact) mass is 303 g/mol. The normalized spacial score (nSPS) is 17.5. The molecule has 0 spiro atoms. The Hall–Kier alpha value is -1.87. The largest absolute Gasteiger partial charge is 0.475 e. The molecule has 108 valence electrons. The van der Waals surface area contributed by atoms with Crippen LogP contribution in [0.4, 0.5) is 4.39 Å². The Kier molecular flexibility index (Phi) is 3.93. The molecule has 2 aromatic rings. The summed E-state index contributed by atoms with van der Waals surface area (Å²) in [4.78, 5) is 4.53. The molecule has 0 aromatic heterocycles. The molecule has 3 rings (SSSR count). The zero-order valence-electron chi connectivity index (χ0n) is 11.6. The van der Waals surface area contributed by atoms with Gasteiger partial charge in [0.25, 0.3) is 0 Å². The Labute approximate surface area is 128 Å². The van der Waals surface area contributed by atoms with Gasteiger partial charge in [0.1, 0.15) is 18.5 Å². The van der Waals surface area contributed by atoms with Crippen LogP contribution >= 0.6 is 11.6 Å². The maximum Gasteiger partial charge on any atom is 0.220 e. The van der Waals surface area contributed by atoms with Crippen LogP contribution in [-0.4, -0.2) is 12.5 Å². The zero-order chi connectivity index (χ0) is 14.8. The topological polar surface area (TPSA) is 21.6 Å². The molecule has 0 saturated heterocycles. The SMILES string of the molecule is Cc1cccc(F)c1C1=NC(c2ccc(CCl)cc2)CO1. The summed E-state index contributed by atoms with van der Waals surface area (Å²) in [6.07, 6.45) is 0. The summed E-state index contributed by atoms with van der Waals surface area (Å²) in [7, 11) is 0. The van der Waals surface area contributed by atoms with E-state index >= 15 is 0 Å². The standard InChI is InChI=1S/C17H15ClFNO/c1-11-3-2-4-14(19)16(11)17-20-15(10-21-17)13-7-5-12(9-18)6-8-13/h2-8,15H,9-10H2,1H3. The molecule has 1 atom stereocenters. The number of halogens is 2. The average molecular weight is 304 g/mol. The maximum atomic E-state index is 14.0. The number of aryl methyl sites for hydroxylation is 1. The van der Waals surface area contributed by atoms with E-state index in [1.165, 1.54) is 6.07 Å². The van der Waals surface area contributed by atoms with Gasteiger partial charge in [0.2, 0.25) is 5.90 Å². The predicted molar refractivity (Wildman–Crippen MR) is 82.4 cm³/mol. The minimum absolute atomic E-state index is 0.0941. The van der Waals surface area contributed by atoms with Crippen LogP contribution in [0.1, 0.15) is 28.3 Å². The molecule has 2 aromatic carbocycles. The number of ether oxygens (including phenoxy) is 1. The van der Waals surface area contributed by atoms with Gasteiger partial charge < -0.3 is 4.74 Å². The lowest BCUT2D eigenvalue weighted by Crippen LogP contribution is -2.06. The fourth-order valence-corrected chi connectivity index (χ4v) is 2.59. The van der Waals surface area contributed by atoms with E-state index in [-0.39, 0.29) is 11.9 Å². The molecule has 0 amide bonds. The van der Waals surface area contributed by atoms with Crippen molar-refractivity contribution in [3.05, 3.63) is 70.5 Å². The lowest BCUT2D eigenvalue weighted by Gasteiger charge is -2.06. The van der Waals surface area contributed by atoms with Crippen molar-refractivity contribution in [2.24, 2.45) is 4.99 Å². The Bertz CT molecular complexity index is 661. The molecule has 0 fully saturated rings. The summed E-state index contributed by atoms with van der Waals surface area (Å²) in [5.41, 5.74) is 3.39. The highest BCUT2D eigenvalue weighted by Crippen LogP contribution is 2.27. The summed E-state index contributed by atoms with van der Waals surface area (Å²) in [5.74, 6) is 0.577. The van der Waals surface area contributed by atoms with Gasteiger partial charge in [-0.05, 0) is 29.7 Å². The van der Waals surface area contributed by atoms with Crippen molar-refractivity contribution >= 4 is 17.5 Å². The van der Waals surface area contributed by atoms with E-state index in [1.807, 2.05) is 37.3 Å². The Morgan fingerprint density at radius 1 is 1.24 bits per heavy atom. The Morgan fingerprint density at radius 2 is 2.00 bits per heavy atom. The third-order valence-electron chi connectivity index (χ3n) is 3.61. The number of hydrogen-bond donors (Lipinski definition) is 0. The fraction of sp³-hybridized carbons (Fsp3) is 0.235. The minimum atomic E-state index is -0.299. The van der Waals surface area contributed by atoms with Crippen molar-refractivity contribution in [2.45, 2.75) is 18.8 Å². The summed E-state index contributed by atoms with van der Waals surface area (Å²) >= 11 is 5.78. The van der Waals surface area contributed by atoms with Gasteiger partial charge in [-0.15, -0.1) is 11.6 Å². The van der Waals surface area contributed by atoms with Crippen LogP contribution in [0.3, 0.4) is 0 Å². The van der Waals surface area contributed by atoms with Gasteiger partial charge in [-0.2, -0.15) is 0 Å². The third kappa shape index (κ3) is 2.79. The van der Waals surface area contributed by atoms with Crippen molar-refractivity contribution in [1.82, 2.24) is 0 Å². The van der Waals surface area contributed by atoms with Crippen LogP contribution in [0, 0.1) is 12.7 Å². The zero-order valence-corrected chi connectivity index (χ0v) is 12.4. The number of aliphatic imine (C=N–C) groups is 1. The predicted octanol–water partition coefficient (Wildman–Crippen LogP) is 4.39. The molecule has 1 heterocycles. The first-order valence-corrected chi connectivity index (χ1v) is 7.33. The maximum absolute atomic E-state index is 14.0. The summed E-state index contributed by atoms with van der Waals surface area (Å²) in [5, 5.41) is 0. The van der Waals surface area contributed by atoms with Gasteiger partial charge in [0.15, 0.2) is 0 Å². The molecule has 1 unspecified atom stereocenters. The van der Waals surface area contributed by atoms with E-state index < -0.39 is 0 Å². The molecular formula is C17H15ClFNO. The molecule has 0 saturated carbocycles. The van der Waals surface area contributed by atoms with Gasteiger partial charge in [-0.3, -0.25) is 0 Å². The van der Waals surface area contributed by atoms with Crippen molar-refractivity contribution in [2.75, 3.05) is 6.61 Å². The minimum Gasteiger partial charge on any atom is -0.475 e. The Balaban J connectivity index is 1.90. The van der Waals surface area contributed by atoms with Gasteiger partial charge in [0.05, 0.1) is 5.56 Å². The van der Waals surface area contributed by atoms with E-state index in [0.29, 0.717) is 23.9 Å². The van der Waals surface area contributed by atoms with E-state index in [9.17, 15) is 4.39 Å². The molecule has 1 aliphatic heterocycles. The number of nitrogens with zero attached hydrogens (tertiary/aromatic N) is 1. The van der Waals surface area contributed by atoms with Crippen LogP contribution in [0.5, 0.6) is 0 Å². The number of hydrogen-bond acceptors (Lipinski definition) is 2. The van der Waals surface area contributed by atoms with E-state index in [2.05, 4.69) is 4.99 Å². The highest BCUT2D eigenvalue weighted by Gasteiger charge is 2.24. The highest BCUT2D eigenvalue weighted by molar-refractivity contribution is 6.17. The molecular weight excluding hydrogens is 289 g/mol. The van der Waals surface area contributed by atoms with Crippen LogP contribution in [0.2, 0.25) is 0 Å². The second-order valence-electron chi connectivity index (χ2n) is 5.07. The van der Waals surface area contributed by atoms with Crippen LogP contribution < -0.4 is 0 Å². The van der Waals surface area contributed by atoms with Crippen molar-refractivity contribution in [3.8, 4) is 0 Å². The van der Waals surface area contributed by atoms with E-state index in [4.69, 9.17) is 16.3 Å². The van der Waals surface area contributed by atoms with Gasteiger partial charge in [-0.1, -0.05) is 36.4 Å². The number of benzene rings is 2. The first-order valence-electron chi connectivity index (χ1n) is 6.80. The summed E-state index contributed by atoms with van der Waals surface area (Å²) in [6.45, 7) is 2.29. The first-order chi connectivity index (χ1) is 10.2. The quantitative estimate of drug-likeness (QED) is 0.771. The van der Waals surface area contributed by atoms with Gasteiger partial charge in [0, 0.05) is 5.88 Å². The molecule has 2 nitrogen and oxygen atoms in total. The smallest absolute Gasteiger partial charge is 0.220 e. The highest BCUT2D eigenvalue weighted by atomic mass is 35.5. The first kappa shape index (κ1) is 14.1. The molecule has 21 heavy (non-hydrogen) atoms. The third-order valence-corrected chi connectivity index (χ3v) is 3.91. The molecule has 0 bridgehead atoms. The molecule has 0 N–H and O–H groups in total.